The average Bonchev–Trinajstić information content (AvgIpc) is 3.30. The Hall–Kier alpha value is -3.15. The summed E-state index contributed by atoms with van der Waals surface area (Å²) in [6.45, 7) is 2.14. The lowest BCUT2D eigenvalue weighted by Gasteiger charge is -2.15. The molecule has 0 spiro atoms. The largest absolute Gasteiger partial charge is 0.481 e. The highest BCUT2D eigenvalue weighted by Crippen LogP contribution is 2.29. The van der Waals surface area contributed by atoms with Crippen molar-refractivity contribution in [2.75, 3.05) is 0 Å². The number of benzene rings is 3. The van der Waals surface area contributed by atoms with E-state index in [2.05, 4.69) is 28.9 Å². The molecule has 0 aliphatic carbocycles. The van der Waals surface area contributed by atoms with E-state index >= 15 is 0 Å². The Morgan fingerprint density at radius 1 is 1.03 bits per heavy atom. The number of hydrogen-bond donors (Lipinski definition) is 1. The third-order valence-corrected chi connectivity index (χ3v) is 5.85. The van der Waals surface area contributed by atoms with E-state index in [1.807, 2.05) is 36.4 Å². The van der Waals surface area contributed by atoms with Crippen molar-refractivity contribution in [1.82, 2.24) is 10.3 Å². The van der Waals surface area contributed by atoms with Gasteiger partial charge in [-0.1, -0.05) is 60.1 Å². The van der Waals surface area contributed by atoms with Crippen molar-refractivity contribution in [3.05, 3.63) is 94.8 Å². The maximum Gasteiger partial charge on any atom is 0.261 e. The predicted molar refractivity (Wildman–Crippen MR) is 126 cm³/mol. The Morgan fingerprint density at radius 3 is 2.55 bits per heavy atom. The summed E-state index contributed by atoms with van der Waals surface area (Å²) in [5.74, 6) is 0.424. The fourth-order valence-corrected chi connectivity index (χ4v) is 4.02. The van der Waals surface area contributed by atoms with Gasteiger partial charge in [0.05, 0.1) is 5.69 Å². The number of amides is 1. The predicted octanol–water partition coefficient (Wildman–Crippen LogP) is 6.21. The maximum absolute atomic E-state index is 12.4. The molecule has 4 nitrogen and oxygen atoms in total. The molecule has 156 valence electrons. The van der Waals surface area contributed by atoms with Crippen molar-refractivity contribution in [3.8, 4) is 27.6 Å². The molecular formula is C25H21ClN2O2S. The highest BCUT2D eigenvalue weighted by Gasteiger charge is 2.14. The topological polar surface area (TPSA) is 51.2 Å². The summed E-state index contributed by atoms with van der Waals surface area (Å²) in [4.78, 5) is 17.2. The van der Waals surface area contributed by atoms with Crippen molar-refractivity contribution >= 4 is 28.8 Å². The first kappa shape index (κ1) is 21.1. The third kappa shape index (κ3) is 5.51. The van der Waals surface area contributed by atoms with Crippen LogP contribution < -0.4 is 10.1 Å². The molecule has 0 saturated heterocycles. The SMILES string of the molecule is CC(Oc1ccc(Cl)cc1)C(=O)NCc1cccc(-c2nc(-c3ccccc3)cs2)c1. The van der Waals surface area contributed by atoms with E-state index in [9.17, 15) is 4.79 Å². The van der Waals surface area contributed by atoms with Crippen LogP contribution in [0, 0.1) is 0 Å². The molecule has 1 amide bonds. The van der Waals surface area contributed by atoms with Crippen LogP contribution in [0.2, 0.25) is 5.02 Å². The zero-order valence-electron chi connectivity index (χ0n) is 16.9. The van der Waals surface area contributed by atoms with E-state index < -0.39 is 6.10 Å². The van der Waals surface area contributed by atoms with Gasteiger partial charge in [0.2, 0.25) is 0 Å². The monoisotopic (exact) mass is 448 g/mol. The first-order valence-electron chi connectivity index (χ1n) is 9.89. The number of nitrogens with zero attached hydrogens (tertiary/aromatic N) is 1. The second kappa shape index (κ2) is 9.77. The minimum Gasteiger partial charge on any atom is -0.481 e. The maximum atomic E-state index is 12.4. The Kier molecular flexibility index (Phi) is 6.65. The molecule has 0 fully saturated rings. The second-order valence-electron chi connectivity index (χ2n) is 7.04. The van der Waals surface area contributed by atoms with Gasteiger partial charge in [0.25, 0.3) is 5.91 Å². The number of halogens is 1. The lowest BCUT2D eigenvalue weighted by Crippen LogP contribution is -2.35. The van der Waals surface area contributed by atoms with Gasteiger partial charge in [0.1, 0.15) is 10.8 Å². The fraction of sp³-hybridized carbons (Fsp3) is 0.120. The summed E-state index contributed by atoms with van der Waals surface area (Å²) in [7, 11) is 0. The van der Waals surface area contributed by atoms with Gasteiger partial charge in [-0.3, -0.25) is 4.79 Å². The molecule has 0 aliphatic heterocycles. The smallest absolute Gasteiger partial charge is 0.261 e. The van der Waals surface area contributed by atoms with E-state index in [1.54, 1.807) is 42.5 Å². The summed E-state index contributed by atoms with van der Waals surface area (Å²) < 4.78 is 5.68. The van der Waals surface area contributed by atoms with Crippen molar-refractivity contribution < 1.29 is 9.53 Å². The summed E-state index contributed by atoms with van der Waals surface area (Å²) in [5, 5.41) is 6.57. The van der Waals surface area contributed by atoms with Crippen LogP contribution in [0.4, 0.5) is 0 Å². The zero-order valence-corrected chi connectivity index (χ0v) is 18.5. The second-order valence-corrected chi connectivity index (χ2v) is 8.33. The first-order chi connectivity index (χ1) is 15.1. The van der Waals surface area contributed by atoms with Crippen LogP contribution in [0.15, 0.2) is 84.2 Å². The number of rotatable bonds is 7. The molecule has 1 aromatic heterocycles. The lowest BCUT2D eigenvalue weighted by atomic mass is 10.1. The standard InChI is InChI=1S/C25H21ClN2O2S/c1-17(30-22-12-10-21(26)11-13-22)24(29)27-15-18-6-5-9-20(14-18)25-28-23(16-31-25)19-7-3-2-4-8-19/h2-14,16-17H,15H2,1H3,(H,27,29). The van der Waals surface area contributed by atoms with Gasteiger partial charge in [-0.25, -0.2) is 4.98 Å². The summed E-state index contributed by atoms with van der Waals surface area (Å²) in [6, 6.07) is 25.1. The van der Waals surface area contributed by atoms with Crippen molar-refractivity contribution in [2.45, 2.75) is 19.6 Å². The highest BCUT2D eigenvalue weighted by molar-refractivity contribution is 7.13. The summed E-state index contributed by atoms with van der Waals surface area (Å²) in [6.07, 6.45) is -0.614. The van der Waals surface area contributed by atoms with Crippen molar-refractivity contribution in [3.63, 3.8) is 0 Å². The molecule has 1 N–H and O–H groups in total. The third-order valence-electron chi connectivity index (χ3n) is 4.71. The van der Waals surface area contributed by atoms with Crippen LogP contribution in [0.1, 0.15) is 12.5 Å². The first-order valence-corrected chi connectivity index (χ1v) is 11.1. The number of nitrogens with one attached hydrogen (secondary N) is 1. The highest BCUT2D eigenvalue weighted by atomic mass is 35.5. The van der Waals surface area contributed by atoms with Gasteiger partial charge < -0.3 is 10.1 Å². The Morgan fingerprint density at radius 2 is 1.77 bits per heavy atom. The normalized spacial score (nSPS) is 11.7. The molecule has 31 heavy (non-hydrogen) atoms. The van der Waals surface area contributed by atoms with Crippen LogP contribution in [-0.4, -0.2) is 17.0 Å². The summed E-state index contributed by atoms with van der Waals surface area (Å²) >= 11 is 7.49. The Bertz CT molecular complexity index is 1160. The number of carbonyl (C=O) groups excluding carboxylic acids is 1. The molecule has 3 aromatic carbocycles. The Balaban J connectivity index is 1.38. The van der Waals surface area contributed by atoms with Crippen LogP contribution >= 0.6 is 22.9 Å². The fourth-order valence-electron chi connectivity index (χ4n) is 3.07. The number of aromatic nitrogens is 1. The van der Waals surface area contributed by atoms with E-state index in [1.165, 1.54) is 0 Å². The molecular weight excluding hydrogens is 428 g/mol. The van der Waals surface area contributed by atoms with Gasteiger partial charge in [-0.05, 0) is 42.8 Å². The van der Waals surface area contributed by atoms with Gasteiger partial charge in [0.15, 0.2) is 6.10 Å². The molecule has 1 unspecified atom stereocenters. The molecule has 4 aromatic rings. The molecule has 4 rings (SSSR count). The van der Waals surface area contributed by atoms with Gasteiger partial charge >= 0.3 is 0 Å². The minimum atomic E-state index is -0.614. The Labute approximate surface area is 190 Å². The number of thiazole rings is 1. The molecule has 0 saturated carbocycles. The molecule has 0 aliphatic rings. The summed E-state index contributed by atoms with van der Waals surface area (Å²) in [5.41, 5.74) is 4.10. The molecule has 6 heteroatoms. The van der Waals surface area contributed by atoms with E-state index in [0.29, 0.717) is 17.3 Å². The molecule has 1 atom stereocenters. The van der Waals surface area contributed by atoms with Crippen LogP contribution in [0.25, 0.3) is 21.8 Å². The van der Waals surface area contributed by atoms with E-state index in [-0.39, 0.29) is 5.91 Å². The quantitative estimate of drug-likeness (QED) is 0.365. The van der Waals surface area contributed by atoms with E-state index in [4.69, 9.17) is 21.3 Å². The van der Waals surface area contributed by atoms with Crippen molar-refractivity contribution in [2.24, 2.45) is 0 Å². The zero-order chi connectivity index (χ0) is 21.6. The van der Waals surface area contributed by atoms with Gasteiger partial charge in [-0.2, -0.15) is 0 Å². The van der Waals surface area contributed by atoms with Crippen LogP contribution in [-0.2, 0) is 11.3 Å². The van der Waals surface area contributed by atoms with Crippen LogP contribution in [0.5, 0.6) is 5.75 Å². The number of hydrogen-bond acceptors (Lipinski definition) is 4. The van der Waals surface area contributed by atoms with Gasteiger partial charge in [0, 0.05) is 28.1 Å². The number of carbonyl (C=O) groups is 1. The molecule has 0 bridgehead atoms. The molecule has 0 radical (unpaired) electrons. The average molecular weight is 449 g/mol. The minimum absolute atomic E-state index is 0.180. The van der Waals surface area contributed by atoms with Gasteiger partial charge in [-0.15, -0.1) is 11.3 Å². The number of ether oxygens (including phenoxy) is 1. The van der Waals surface area contributed by atoms with Crippen molar-refractivity contribution in [1.29, 1.82) is 0 Å². The van der Waals surface area contributed by atoms with E-state index in [0.717, 1.165) is 27.4 Å². The lowest BCUT2D eigenvalue weighted by molar-refractivity contribution is -0.127. The molecule has 1 heterocycles. The van der Waals surface area contributed by atoms with Crippen LogP contribution in [0.3, 0.4) is 0 Å².